The fourth-order valence-corrected chi connectivity index (χ4v) is 3.40. The average Bonchev–Trinajstić information content (AvgIpc) is 2.88. The predicted molar refractivity (Wildman–Crippen MR) is 137 cm³/mol. The number of hydrogen-bond acceptors (Lipinski definition) is 9. The largest absolute Gasteiger partial charge is 0.475 e. The van der Waals surface area contributed by atoms with Crippen LogP contribution in [0, 0.1) is 5.92 Å². The van der Waals surface area contributed by atoms with Gasteiger partial charge in [-0.2, -0.15) is 0 Å². The number of benzene rings is 1. The standard InChI is InChI=1S/C24H37BN4O9/c1-14(2)20(29-24(34)38-5)23(33)27-17(13-16-9-7-6-8-10-16)22(32)26-15(3)21(31)28-18(25(35)36)11-12-19(30)37-4/h6-10,14-15,17-18,20,35-36H,11-13H2,1-5H3,(H,26,32)(H,27,33)(H,28,31)(H,29,34)/t15-,17?,18?,20?/m0/s1. The minimum Gasteiger partial charge on any atom is -0.469 e. The van der Waals surface area contributed by atoms with E-state index < -0.39 is 61.0 Å². The molecule has 14 heteroatoms. The van der Waals surface area contributed by atoms with Crippen molar-refractivity contribution in [2.24, 2.45) is 5.92 Å². The van der Waals surface area contributed by atoms with E-state index in [-0.39, 0.29) is 25.2 Å². The number of carbonyl (C=O) groups excluding carboxylic acids is 5. The second-order valence-corrected chi connectivity index (χ2v) is 8.98. The molecule has 0 aliphatic heterocycles. The van der Waals surface area contributed by atoms with E-state index in [2.05, 4.69) is 30.7 Å². The Kier molecular flexibility index (Phi) is 13.8. The fraction of sp³-hybridized carbons (Fsp3) is 0.542. The Balaban J connectivity index is 2.99. The summed E-state index contributed by atoms with van der Waals surface area (Å²) in [6.45, 7) is 4.81. The average molecular weight is 536 g/mol. The first kappa shape index (κ1) is 32.4. The summed E-state index contributed by atoms with van der Waals surface area (Å²) >= 11 is 0. The molecule has 38 heavy (non-hydrogen) atoms. The highest BCUT2D eigenvalue weighted by Gasteiger charge is 2.32. The van der Waals surface area contributed by atoms with Crippen molar-refractivity contribution >= 4 is 36.9 Å². The lowest BCUT2D eigenvalue weighted by Gasteiger charge is -2.26. The zero-order chi connectivity index (χ0) is 28.8. The number of nitrogens with one attached hydrogen (secondary N) is 4. The molecule has 0 aromatic heterocycles. The van der Waals surface area contributed by atoms with Crippen LogP contribution in [-0.2, 0) is 35.1 Å². The van der Waals surface area contributed by atoms with Gasteiger partial charge in [-0.25, -0.2) is 4.79 Å². The molecule has 0 heterocycles. The van der Waals surface area contributed by atoms with Crippen LogP contribution in [-0.4, -0.2) is 85.2 Å². The predicted octanol–water partition coefficient (Wildman–Crippen LogP) is -0.951. The SMILES string of the molecule is COC(=O)CCC(NC(=O)[C@H](C)NC(=O)C(Cc1ccccc1)NC(=O)C(NC(=O)OC)C(C)C)B(O)O. The van der Waals surface area contributed by atoms with Gasteiger partial charge in [0.05, 0.1) is 20.2 Å². The minimum absolute atomic E-state index is 0.0902. The van der Waals surface area contributed by atoms with Crippen molar-refractivity contribution in [3.63, 3.8) is 0 Å². The molecule has 0 saturated carbocycles. The molecule has 1 aromatic carbocycles. The second-order valence-electron chi connectivity index (χ2n) is 8.98. The molecular weight excluding hydrogens is 499 g/mol. The molecular formula is C24H37BN4O9. The molecule has 210 valence electrons. The van der Waals surface area contributed by atoms with Crippen LogP contribution in [0.2, 0.25) is 0 Å². The first-order valence-electron chi connectivity index (χ1n) is 12.1. The Hall–Kier alpha value is -3.65. The summed E-state index contributed by atoms with van der Waals surface area (Å²) in [6.07, 6.45) is -0.983. The van der Waals surface area contributed by atoms with Crippen LogP contribution < -0.4 is 21.3 Å². The Labute approximate surface area is 222 Å². The van der Waals surface area contributed by atoms with Crippen LogP contribution in [0.1, 0.15) is 39.2 Å². The number of alkyl carbamates (subject to hydrolysis) is 1. The highest BCUT2D eigenvalue weighted by atomic mass is 16.5. The summed E-state index contributed by atoms with van der Waals surface area (Å²) in [5.41, 5.74) is 0.735. The summed E-state index contributed by atoms with van der Waals surface area (Å²) < 4.78 is 9.09. The molecule has 6 N–H and O–H groups in total. The zero-order valence-electron chi connectivity index (χ0n) is 22.2. The van der Waals surface area contributed by atoms with Gasteiger partial charge in [-0.05, 0) is 24.8 Å². The number of rotatable bonds is 14. The van der Waals surface area contributed by atoms with Crippen LogP contribution in [0.4, 0.5) is 4.79 Å². The number of hydrogen-bond donors (Lipinski definition) is 6. The number of methoxy groups -OCH3 is 2. The van der Waals surface area contributed by atoms with Crippen LogP contribution in [0.5, 0.6) is 0 Å². The van der Waals surface area contributed by atoms with E-state index in [0.717, 1.165) is 5.56 Å². The quantitative estimate of drug-likeness (QED) is 0.128. The molecule has 0 aliphatic rings. The normalized spacial score (nSPS) is 13.8. The third kappa shape index (κ3) is 11.2. The van der Waals surface area contributed by atoms with Crippen LogP contribution in [0.25, 0.3) is 0 Å². The summed E-state index contributed by atoms with van der Waals surface area (Å²) in [5.74, 6) is -4.14. The summed E-state index contributed by atoms with van der Waals surface area (Å²) in [6, 6.07) is 5.64. The molecule has 3 unspecified atom stereocenters. The van der Waals surface area contributed by atoms with Gasteiger partial charge in [-0.15, -0.1) is 0 Å². The Bertz CT molecular complexity index is 946. The second kappa shape index (κ2) is 16.2. The molecule has 1 aromatic rings. The van der Waals surface area contributed by atoms with Gasteiger partial charge in [0.25, 0.3) is 0 Å². The topological polar surface area (TPSA) is 192 Å². The van der Waals surface area contributed by atoms with E-state index >= 15 is 0 Å². The first-order chi connectivity index (χ1) is 17.9. The van der Waals surface area contributed by atoms with Gasteiger partial charge in [-0.3, -0.25) is 19.2 Å². The summed E-state index contributed by atoms with van der Waals surface area (Å²) in [4.78, 5) is 61.9. The number of esters is 1. The molecule has 0 bridgehead atoms. The van der Waals surface area contributed by atoms with Gasteiger partial charge in [0.2, 0.25) is 17.7 Å². The van der Waals surface area contributed by atoms with Gasteiger partial charge in [0.1, 0.15) is 18.1 Å². The van der Waals surface area contributed by atoms with E-state index in [0.29, 0.717) is 0 Å². The van der Waals surface area contributed by atoms with Gasteiger partial charge >= 0.3 is 19.2 Å². The number of ether oxygens (including phenoxy) is 2. The molecule has 4 amide bonds. The smallest absolute Gasteiger partial charge is 0.469 e. The third-order valence-electron chi connectivity index (χ3n) is 5.65. The highest BCUT2D eigenvalue weighted by Crippen LogP contribution is 2.08. The van der Waals surface area contributed by atoms with Crippen molar-refractivity contribution in [1.29, 1.82) is 0 Å². The van der Waals surface area contributed by atoms with Crippen molar-refractivity contribution in [3.8, 4) is 0 Å². The molecule has 4 atom stereocenters. The molecule has 0 saturated heterocycles. The first-order valence-corrected chi connectivity index (χ1v) is 12.1. The summed E-state index contributed by atoms with van der Waals surface area (Å²) in [7, 11) is 0.396. The Morgan fingerprint density at radius 2 is 1.47 bits per heavy atom. The number of carbonyl (C=O) groups is 5. The zero-order valence-corrected chi connectivity index (χ0v) is 22.2. The van der Waals surface area contributed by atoms with E-state index in [1.54, 1.807) is 44.2 Å². The minimum atomic E-state index is -1.95. The van der Waals surface area contributed by atoms with Gasteiger partial charge in [-0.1, -0.05) is 44.2 Å². The highest BCUT2D eigenvalue weighted by molar-refractivity contribution is 6.43. The lowest BCUT2D eigenvalue weighted by Crippen LogP contribution is -2.58. The molecule has 0 fully saturated rings. The van der Waals surface area contributed by atoms with E-state index in [1.165, 1.54) is 21.1 Å². The van der Waals surface area contributed by atoms with Crippen LogP contribution in [0.3, 0.4) is 0 Å². The van der Waals surface area contributed by atoms with Crippen molar-refractivity contribution < 1.29 is 43.5 Å². The number of amides is 4. The lowest BCUT2D eigenvalue weighted by molar-refractivity contribution is -0.141. The maximum Gasteiger partial charge on any atom is 0.475 e. The molecule has 1 rings (SSSR count). The molecule has 0 spiro atoms. The van der Waals surface area contributed by atoms with Crippen molar-refractivity contribution in [2.45, 2.75) is 64.1 Å². The molecule has 0 radical (unpaired) electrons. The van der Waals surface area contributed by atoms with Crippen LogP contribution >= 0.6 is 0 Å². The Morgan fingerprint density at radius 3 is 2.00 bits per heavy atom. The lowest BCUT2D eigenvalue weighted by atomic mass is 9.76. The third-order valence-corrected chi connectivity index (χ3v) is 5.65. The van der Waals surface area contributed by atoms with Crippen molar-refractivity contribution in [3.05, 3.63) is 35.9 Å². The van der Waals surface area contributed by atoms with E-state index in [9.17, 15) is 34.0 Å². The van der Waals surface area contributed by atoms with Gasteiger partial charge in [0, 0.05) is 12.8 Å². The van der Waals surface area contributed by atoms with E-state index in [4.69, 9.17) is 0 Å². The molecule has 0 aliphatic carbocycles. The van der Waals surface area contributed by atoms with Gasteiger partial charge < -0.3 is 40.8 Å². The fourth-order valence-electron chi connectivity index (χ4n) is 3.40. The van der Waals surface area contributed by atoms with Crippen molar-refractivity contribution in [1.82, 2.24) is 21.3 Å². The van der Waals surface area contributed by atoms with Crippen molar-refractivity contribution in [2.75, 3.05) is 14.2 Å². The van der Waals surface area contributed by atoms with E-state index in [1.807, 2.05) is 0 Å². The Morgan fingerprint density at radius 1 is 0.842 bits per heavy atom. The van der Waals surface area contributed by atoms with Gasteiger partial charge in [0.15, 0.2) is 0 Å². The molecule has 13 nitrogen and oxygen atoms in total. The maximum atomic E-state index is 13.2. The summed E-state index contributed by atoms with van der Waals surface area (Å²) in [5, 5.41) is 29.1. The maximum absolute atomic E-state index is 13.2. The monoisotopic (exact) mass is 536 g/mol. The van der Waals surface area contributed by atoms with Crippen LogP contribution in [0.15, 0.2) is 30.3 Å².